The highest BCUT2D eigenvalue weighted by atomic mass is 14.8. The van der Waals surface area contributed by atoms with Crippen molar-refractivity contribution in [1.82, 2.24) is 5.32 Å². The molecule has 2 unspecified atom stereocenters. The third kappa shape index (κ3) is 4.13. The number of rotatable bonds is 4. The van der Waals surface area contributed by atoms with Gasteiger partial charge in [0.05, 0.1) is 0 Å². The molecule has 1 heteroatoms. The van der Waals surface area contributed by atoms with Crippen molar-refractivity contribution in [3.8, 4) is 0 Å². The van der Waals surface area contributed by atoms with Crippen molar-refractivity contribution < 1.29 is 0 Å². The fourth-order valence-electron chi connectivity index (χ4n) is 3.16. The fraction of sp³-hybridized carbons (Fsp3) is 0.647. The molecule has 1 saturated heterocycles. The first-order valence-electron chi connectivity index (χ1n) is 7.65. The van der Waals surface area contributed by atoms with Crippen LogP contribution in [0.1, 0.15) is 56.9 Å². The Balaban J connectivity index is 1.92. The summed E-state index contributed by atoms with van der Waals surface area (Å²) in [5, 5.41) is 3.55. The summed E-state index contributed by atoms with van der Waals surface area (Å²) in [6, 6.07) is 11.1. The van der Waals surface area contributed by atoms with Crippen LogP contribution in [0.5, 0.6) is 0 Å². The average molecular weight is 245 g/mol. The molecule has 1 aliphatic rings. The zero-order valence-corrected chi connectivity index (χ0v) is 11.7. The summed E-state index contributed by atoms with van der Waals surface area (Å²) < 4.78 is 0. The largest absolute Gasteiger partial charge is 0.317 e. The molecule has 1 aromatic rings. The molecule has 1 nitrogen and oxygen atoms in total. The van der Waals surface area contributed by atoms with Crippen LogP contribution in [0.4, 0.5) is 0 Å². The molecular formula is C17H27N. The first-order chi connectivity index (χ1) is 8.90. The van der Waals surface area contributed by atoms with Gasteiger partial charge in [-0.2, -0.15) is 0 Å². The van der Waals surface area contributed by atoms with Crippen molar-refractivity contribution in [2.75, 3.05) is 13.1 Å². The van der Waals surface area contributed by atoms with E-state index in [4.69, 9.17) is 0 Å². The van der Waals surface area contributed by atoms with Crippen molar-refractivity contribution >= 4 is 0 Å². The van der Waals surface area contributed by atoms with E-state index in [1.165, 1.54) is 57.2 Å². The van der Waals surface area contributed by atoms with Crippen LogP contribution in [-0.2, 0) is 0 Å². The van der Waals surface area contributed by atoms with Gasteiger partial charge in [-0.15, -0.1) is 0 Å². The molecule has 0 aromatic heterocycles. The molecule has 1 aliphatic heterocycles. The normalized spacial score (nSPS) is 23.1. The Morgan fingerprint density at radius 2 is 1.94 bits per heavy atom. The van der Waals surface area contributed by atoms with Crippen LogP contribution < -0.4 is 5.32 Å². The maximum atomic E-state index is 3.55. The van der Waals surface area contributed by atoms with E-state index in [1.54, 1.807) is 0 Å². The first-order valence-corrected chi connectivity index (χ1v) is 7.65. The number of hydrogen-bond acceptors (Lipinski definition) is 1. The zero-order chi connectivity index (χ0) is 12.6. The third-order valence-electron chi connectivity index (χ3n) is 4.33. The van der Waals surface area contributed by atoms with Crippen molar-refractivity contribution in [2.45, 2.75) is 51.4 Å². The quantitative estimate of drug-likeness (QED) is 0.831. The summed E-state index contributed by atoms with van der Waals surface area (Å²) in [5.41, 5.74) is 1.54. The smallest absolute Gasteiger partial charge is 0.00463 e. The van der Waals surface area contributed by atoms with Gasteiger partial charge in [-0.3, -0.25) is 0 Å². The van der Waals surface area contributed by atoms with E-state index in [-0.39, 0.29) is 0 Å². The van der Waals surface area contributed by atoms with Crippen molar-refractivity contribution in [3.05, 3.63) is 35.9 Å². The Hall–Kier alpha value is -0.820. The lowest BCUT2D eigenvalue weighted by molar-refractivity contribution is 0.341. The molecule has 0 spiro atoms. The summed E-state index contributed by atoms with van der Waals surface area (Å²) in [6.07, 6.45) is 8.21. The van der Waals surface area contributed by atoms with Crippen LogP contribution >= 0.6 is 0 Å². The SMILES string of the molecule is CCC(CC1CCCCNCC1)c1ccccc1. The van der Waals surface area contributed by atoms with Gasteiger partial charge >= 0.3 is 0 Å². The molecular weight excluding hydrogens is 218 g/mol. The van der Waals surface area contributed by atoms with Crippen molar-refractivity contribution in [2.24, 2.45) is 5.92 Å². The average Bonchev–Trinajstić information content (AvgIpc) is 2.39. The van der Waals surface area contributed by atoms with Gasteiger partial charge in [0.2, 0.25) is 0 Å². The van der Waals surface area contributed by atoms with E-state index in [0.717, 1.165) is 11.8 Å². The van der Waals surface area contributed by atoms with E-state index in [2.05, 4.69) is 42.6 Å². The van der Waals surface area contributed by atoms with Crippen LogP contribution in [0, 0.1) is 5.92 Å². The van der Waals surface area contributed by atoms with Gasteiger partial charge in [-0.25, -0.2) is 0 Å². The predicted octanol–water partition coefficient (Wildman–Crippen LogP) is 4.35. The molecule has 1 heterocycles. The van der Waals surface area contributed by atoms with Gasteiger partial charge in [-0.1, -0.05) is 50.1 Å². The standard InChI is InChI=1S/C17H27N/c1-2-16(17-9-4-3-5-10-17)14-15-8-6-7-12-18-13-11-15/h3-5,9-10,15-16,18H,2,6-8,11-14H2,1H3. The van der Waals surface area contributed by atoms with Gasteiger partial charge < -0.3 is 5.32 Å². The van der Waals surface area contributed by atoms with E-state index in [1.807, 2.05) is 0 Å². The Kier molecular flexibility index (Phi) is 5.73. The molecule has 0 amide bonds. The highest BCUT2D eigenvalue weighted by Gasteiger charge is 2.17. The molecule has 1 N–H and O–H groups in total. The molecule has 0 bridgehead atoms. The summed E-state index contributed by atoms with van der Waals surface area (Å²) in [6.45, 7) is 4.78. The summed E-state index contributed by atoms with van der Waals surface area (Å²) in [7, 11) is 0. The molecule has 2 atom stereocenters. The molecule has 0 aliphatic carbocycles. The maximum Gasteiger partial charge on any atom is -0.00463 e. The van der Waals surface area contributed by atoms with E-state index in [0.29, 0.717) is 0 Å². The first kappa shape index (κ1) is 13.6. The molecule has 100 valence electrons. The fourth-order valence-corrected chi connectivity index (χ4v) is 3.16. The highest BCUT2D eigenvalue weighted by molar-refractivity contribution is 5.19. The minimum Gasteiger partial charge on any atom is -0.317 e. The second kappa shape index (κ2) is 7.58. The Morgan fingerprint density at radius 1 is 1.11 bits per heavy atom. The summed E-state index contributed by atoms with van der Waals surface area (Å²) >= 11 is 0. The summed E-state index contributed by atoms with van der Waals surface area (Å²) in [4.78, 5) is 0. The zero-order valence-electron chi connectivity index (χ0n) is 11.7. The van der Waals surface area contributed by atoms with Crippen molar-refractivity contribution in [1.29, 1.82) is 0 Å². The predicted molar refractivity (Wildman–Crippen MR) is 78.9 cm³/mol. The maximum absolute atomic E-state index is 3.55. The van der Waals surface area contributed by atoms with Gasteiger partial charge in [0.1, 0.15) is 0 Å². The van der Waals surface area contributed by atoms with Crippen molar-refractivity contribution in [3.63, 3.8) is 0 Å². The van der Waals surface area contributed by atoms with Gasteiger partial charge in [0, 0.05) is 0 Å². The second-order valence-corrected chi connectivity index (χ2v) is 5.65. The monoisotopic (exact) mass is 245 g/mol. The lowest BCUT2D eigenvalue weighted by atomic mass is 9.83. The van der Waals surface area contributed by atoms with E-state index >= 15 is 0 Å². The molecule has 18 heavy (non-hydrogen) atoms. The van der Waals surface area contributed by atoms with Crippen LogP contribution in [0.25, 0.3) is 0 Å². The van der Waals surface area contributed by atoms with E-state index < -0.39 is 0 Å². The topological polar surface area (TPSA) is 12.0 Å². The lowest BCUT2D eigenvalue weighted by Crippen LogP contribution is -2.23. The molecule has 2 rings (SSSR count). The minimum absolute atomic E-state index is 0.760. The van der Waals surface area contributed by atoms with Gasteiger partial charge in [0.25, 0.3) is 0 Å². The molecule has 0 radical (unpaired) electrons. The van der Waals surface area contributed by atoms with Crippen LogP contribution in [0.15, 0.2) is 30.3 Å². The van der Waals surface area contributed by atoms with Gasteiger partial charge in [-0.05, 0) is 56.2 Å². The Bertz CT molecular complexity index is 312. The third-order valence-corrected chi connectivity index (χ3v) is 4.33. The summed E-state index contributed by atoms with van der Waals surface area (Å²) in [5.74, 6) is 1.68. The molecule has 1 aromatic carbocycles. The number of nitrogens with one attached hydrogen (secondary N) is 1. The second-order valence-electron chi connectivity index (χ2n) is 5.65. The minimum atomic E-state index is 0.760. The number of benzene rings is 1. The van der Waals surface area contributed by atoms with E-state index in [9.17, 15) is 0 Å². The van der Waals surface area contributed by atoms with Gasteiger partial charge in [0.15, 0.2) is 0 Å². The molecule has 0 saturated carbocycles. The number of hydrogen-bond donors (Lipinski definition) is 1. The molecule has 1 fully saturated rings. The van der Waals surface area contributed by atoms with Crippen LogP contribution in [-0.4, -0.2) is 13.1 Å². The Labute approximate surface area is 112 Å². The highest BCUT2D eigenvalue weighted by Crippen LogP contribution is 2.31. The van der Waals surface area contributed by atoms with Crippen LogP contribution in [0.2, 0.25) is 0 Å². The Morgan fingerprint density at radius 3 is 2.72 bits per heavy atom. The lowest BCUT2D eigenvalue weighted by Gasteiger charge is -2.25. The van der Waals surface area contributed by atoms with Crippen LogP contribution in [0.3, 0.4) is 0 Å².